The normalized spacial score (nSPS) is 22.4. The number of carbonyl (C=O) groups excluding carboxylic acids is 4. The van der Waals surface area contributed by atoms with E-state index in [1.165, 1.54) is 0 Å². The topological polar surface area (TPSA) is 102 Å². The maximum absolute atomic E-state index is 13.6. The molecule has 2 bridgehead atoms. The first-order valence-electron chi connectivity index (χ1n) is 12.7. The summed E-state index contributed by atoms with van der Waals surface area (Å²) < 4.78 is 10.6. The molecule has 192 valence electrons. The summed E-state index contributed by atoms with van der Waals surface area (Å²) in [7, 11) is 0. The van der Waals surface area contributed by atoms with Crippen molar-refractivity contribution in [2.24, 2.45) is 11.8 Å². The number of benzene rings is 3. The number of esters is 1. The Kier molecular flexibility index (Phi) is 5.94. The van der Waals surface area contributed by atoms with Crippen LogP contribution in [0.25, 0.3) is 0 Å². The van der Waals surface area contributed by atoms with E-state index in [2.05, 4.69) is 5.32 Å². The molecule has 0 radical (unpaired) electrons. The van der Waals surface area contributed by atoms with Gasteiger partial charge in [0, 0.05) is 11.8 Å². The zero-order valence-electron chi connectivity index (χ0n) is 20.8. The number of hydrogen-bond donors (Lipinski definition) is 1. The highest BCUT2D eigenvalue weighted by Crippen LogP contribution is 2.60. The molecule has 1 fully saturated rings. The number of amides is 3. The Bertz CT molecular complexity index is 1350. The molecule has 1 saturated heterocycles. The number of nitrogens with zero attached hydrogens (tertiary/aromatic N) is 1. The minimum Gasteiger partial charge on any atom is -0.492 e. The van der Waals surface area contributed by atoms with E-state index in [1.807, 2.05) is 55.5 Å². The molecule has 0 saturated carbocycles. The smallest absolute Gasteiger partial charge is 0.326 e. The number of anilines is 1. The van der Waals surface area contributed by atoms with Gasteiger partial charge in [-0.05, 0) is 41.3 Å². The Labute approximate surface area is 219 Å². The third-order valence-electron chi connectivity index (χ3n) is 7.65. The van der Waals surface area contributed by atoms with Crippen molar-refractivity contribution in [1.29, 1.82) is 0 Å². The zero-order valence-corrected chi connectivity index (χ0v) is 20.8. The van der Waals surface area contributed by atoms with Gasteiger partial charge < -0.3 is 14.8 Å². The summed E-state index contributed by atoms with van der Waals surface area (Å²) in [5.41, 5.74) is 4.71. The number of para-hydroxylation sites is 2. The number of imide groups is 1. The first-order valence-corrected chi connectivity index (χ1v) is 12.7. The summed E-state index contributed by atoms with van der Waals surface area (Å²) in [6.07, 6.45) is 0. The number of carbonyl (C=O) groups is 4. The molecule has 1 aliphatic heterocycles. The lowest BCUT2D eigenvalue weighted by atomic mass is 9.55. The molecule has 3 aromatic carbocycles. The van der Waals surface area contributed by atoms with Gasteiger partial charge in [0.25, 0.3) is 5.91 Å². The molecule has 3 amide bonds. The van der Waals surface area contributed by atoms with Gasteiger partial charge in [0.1, 0.15) is 12.3 Å². The van der Waals surface area contributed by atoms with Gasteiger partial charge in [0.15, 0.2) is 6.61 Å². The van der Waals surface area contributed by atoms with Gasteiger partial charge in [-0.1, -0.05) is 60.7 Å². The third kappa shape index (κ3) is 3.75. The number of ether oxygens (including phenoxy) is 2. The summed E-state index contributed by atoms with van der Waals surface area (Å²) in [5.74, 6) is -3.23. The molecular formula is C30H26N2O6. The molecule has 8 heteroatoms. The van der Waals surface area contributed by atoms with Crippen molar-refractivity contribution in [3.8, 4) is 5.75 Å². The van der Waals surface area contributed by atoms with Gasteiger partial charge in [-0.2, -0.15) is 0 Å². The highest BCUT2D eigenvalue weighted by atomic mass is 16.5. The van der Waals surface area contributed by atoms with Crippen LogP contribution in [0.2, 0.25) is 0 Å². The van der Waals surface area contributed by atoms with Crippen LogP contribution in [-0.2, 0) is 23.9 Å². The molecule has 0 spiro atoms. The molecule has 4 aliphatic rings. The predicted octanol–water partition coefficient (Wildman–Crippen LogP) is 3.46. The second-order valence-corrected chi connectivity index (χ2v) is 9.67. The average molecular weight is 511 g/mol. The summed E-state index contributed by atoms with van der Waals surface area (Å²) >= 11 is 0. The quantitative estimate of drug-likeness (QED) is 0.386. The second kappa shape index (κ2) is 9.45. The fourth-order valence-electron chi connectivity index (χ4n) is 6.25. The van der Waals surface area contributed by atoms with Crippen molar-refractivity contribution in [3.63, 3.8) is 0 Å². The summed E-state index contributed by atoms with van der Waals surface area (Å²) in [5, 5.41) is 2.65. The molecule has 2 atom stereocenters. The molecule has 8 nitrogen and oxygen atoms in total. The molecule has 0 aromatic heterocycles. The van der Waals surface area contributed by atoms with Crippen molar-refractivity contribution < 1.29 is 28.7 Å². The second-order valence-electron chi connectivity index (χ2n) is 9.67. The van der Waals surface area contributed by atoms with E-state index in [-0.39, 0.29) is 23.7 Å². The van der Waals surface area contributed by atoms with Gasteiger partial charge in [0.2, 0.25) is 11.8 Å². The minimum atomic E-state index is -0.819. The first-order chi connectivity index (χ1) is 18.5. The molecule has 3 aromatic rings. The SMILES string of the molecule is CCOc1ccccc1NC(=O)COC(=O)CN1C(=O)[C@@H]2C3c4ccccc4C(c4ccccc43)[C@@H]2C1=O. The third-order valence-corrected chi connectivity index (χ3v) is 7.65. The van der Waals surface area contributed by atoms with E-state index in [4.69, 9.17) is 9.47 Å². The van der Waals surface area contributed by atoms with Crippen LogP contribution in [-0.4, -0.2) is 48.3 Å². The predicted molar refractivity (Wildman–Crippen MR) is 137 cm³/mol. The van der Waals surface area contributed by atoms with Crippen LogP contribution in [0.5, 0.6) is 5.75 Å². The van der Waals surface area contributed by atoms with E-state index >= 15 is 0 Å². The van der Waals surface area contributed by atoms with Crippen LogP contribution in [0.4, 0.5) is 5.69 Å². The van der Waals surface area contributed by atoms with E-state index in [0.717, 1.165) is 27.2 Å². The van der Waals surface area contributed by atoms with E-state index in [1.54, 1.807) is 24.3 Å². The van der Waals surface area contributed by atoms with Crippen LogP contribution in [0.15, 0.2) is 72.8 Å². The van der Waals surface area contributed by atoms with Crippen LogP contribution in [0.1, 0.15) is 41.0 Å². The lowest BCUT2D eigenvalue weighted by Crippen LogP contribution is -2.41. The number of rotatable bonds is 7. The molecule has 38 heavy (non-hydrogen) atoms. The molecule has 7 rings (SSSR count). The van der Waals surface area contributed by atoms with Crippen molar-refractivity contribution >= 4 is 29.4 Å². The fourth-order valence-corrected chi connectivity index (χ4v) is 6.25. The number of likely N-dealkylation sites (tertiary alicyclic amines) is 1. The number of nitrogens with one attached hydrogen (secondary N) is 1. The van der Waals surface area contributed by atoms with E-state index in [9.17, 15) is 19.2 Å². The fraction of sp³-hybridized carbons (Fsp3) is 0.267. The van der Waals surface area contributed by atoms with Crippen molar-refractivity contribution in [1.82, 2.24) is 4.90 Å². The Balaban J connectivity index is 1.16. The Morgan fingerprint density at radius 1 is 0.789 bits per heavy atom. The maximum Gasteiger partial charge on any atom is 0.326 e. The van der Waals surface area contributed by atoms with E-state index in [0.29, 0.717) is 18.0 Å². The molecular weight excluding hydrogens is 484 g/mol. The van der Waals surface area contributed by atoms with Crippen LogP contribution >= 0.6 is 0 Å². The lowest BCUT2D eigenvalue weighted by molar-refractivity contribution is -0.154. The maximum atomic E-state index is 13.6. The Morgan fingerprint density at radius 2 is 1.29 bits per heavy atom. The number of hydrogen-bond acceptors (Lipinski definition) is 6. The molecule has 0 unspecified atom stereocenters. The summed E-state index contributed by atoms with van der Waals surface area (Å²) in [6, 6.07) is 22.8. The Hall–Kier alpha value is -4.46. The van der Waals surface area contributed by atoms with Crippen LogP contribution in [0, 0.1) is 11.8 Å². The van der Waals surface area contributed by atoms with Gasteiger partial charge in [-0.3, -0.25) is 24.1 Å². The highest BCUT2D eigenvalue weighted by molar-refractivity contribution is 6.09. The van der Waals surface area contributed by atoms with Crippen molar-refractivity contribution in [2.45, 2.75) is 18.8 Å². The molecule has 1 heterocycles. The molecule has 3 aliphatic carbocycles. The van der Waals surface area contributed by atoms with Gasteiger partial charge in [0.05, 0.1) is 24.1 Å². The van der Waals surface area contributed by atoms with Crippen LogP contribution in [0.3, 0.4) is 0 Å². The standard InChI is InChI=1S/C30H26N2O6/c1-2-37-22-14-8-7-13-21(22)31-23(33)16-38-24(34)15-32-29(35)27-25-17-9-3-4-10-18(17)26(28(27)30(32)36)20-12-6-5-11-19(20)25/h3-14,25-28H,2,15-16H2,1H3,(H,31,33)/t25?,26?,27-,28+. The summed E-state index contributed by atoms with van der Waals surface area (Å²) in [6.45, 7) is 1.18. The lowest BCUT2D eigenvalue weighted by Gasteiger charge is -2.45. The van der Waals surface area contributed by atoms with E-state index < -0.39 is 36.9 Å². The highest BCUT2D eigenvalue weighted by Gasteiger charge is 2.61. The Morgan fingerprint density at radius 3 is 1.82 bits per heavy atom. The van der Waals surface area contributed by atoms with Crippen molar-refractivity contribution in [3.05, 3.63) is 95.1 Å². The molecule has 1 N–H and O–H groups in total. The van der Waals surface area contributed by atoms with Crippen molar-refractivity contribution in [2.75, 3.05) is 25.1 Å². The van der Waals surface area contributed by atoms with Gasteiger partial charge in [-0.15, -0.1) is 0 Å². The summed E-state index contributed by atoms with van der Waals surface area (Å²) in [4.78, 5) is 53.2. The average Bonchev–Trinajstić information content (AvgIpc) is 3.18. The monoisotopic (exact) mass is 510 g/mol. The largest absolute Gasteiger partial charge is 0.492 e. The van der Waals surface area contributed by atoms with Gasteiger partial charge in [-0.25, -0.2) is 0 Å². The van der Waals surface area contributed by atoms with Gasteiger partial charge >= 0.3 is 5.97 Å². The first kappa shape index (κ1) is 23.9. The minimum absolute atomic E-state index is 0.244. The zero-order chi connectivity index (χ0) is 26.4. The van der Waals surface area contributed by atoms with Crippen LogP contribution < -0.4 is 10.1 Å².